The average Bonchev–Trinajstić information content (AvgIpc) is 2.73. The van der Waals surface area contributed by atoms with E-state index in [0.717, 1.165) is 11.3 Å². The first-order valence-electron chi connectivity index (χ1n) is 4.58. The van der Waals surface area contributed by atoms with E-state index in [4.69, 9.17) is 5.73 Å². The van der Waals surface area contributed by atoms with Crippen LogP contribution in [0.15, 0.2) is 30.5 Å². The van der Waals surface area contributed by atoms with Crippen molar-refractivity contribution >= 4 is 27.6 Å². The predicted octanol–water partition coefficient (Wildman–Crippen LogP) is 2.24. The smallest absolute Gasteiger partial charge is 0.104 e. The lowest BCUT2D eigenvalue weighted by molar-refractivity contribution is 0.983. The van der Waals surface area contributed by atoms with E-state index < -0.39 is 0 Å². The summed E-state index contributed by atoms with van der Waals surface area (Å²) in [7, 11) is 1.98. The molecule has 0 bridgehead atoms. The molecule has 1 aromatic carbocycles. The van der Waals surface area contributed by atoms with Crippen molar-refractivity contribution in [3.8, 4) is 0 Å². The molecule has 0 aliphatic rings. The first kappa shape index (κ1) is 7.50. The Morgan fingerprint density at radius 3 is 2.93 bits per heavy atom. The summed E-state index contributed by atoms with van der Waals surface area (Å²) in [6.45, 7) is 0. The highest BCUT2D eigenvalue weighted by molar-refractivity contribution is 6.07. The topological polar surface area (TPSA) is 46.7 Å². The van der Waals surface area contributed by atoms with Crippen LogP contribution in [0, 0.1) is 0 Å². The van der Waals surface area contributed by atoms with Gasteiger partial charge in [0.2, 0.25) is 0 Å². The summed E-state index contributed by atoms with van der Waals surface area (Å²) in [5.41, 5.74) is 8.20. The number of hydrogen-bond acceptors (Lipinski definition) is 1. The Kier molecular flexibility index (Phi) is 1.24. The number of fused-ring (bicyclic) bond motifs is 3. The summed E-state index contributed by atoms with van der Waals surface area (Å²) in [5.74, 6) is 0.800. The standard InChI is InChI=1S/C11H11N3/c1-14-10-3-2-9-7(4-5-13-9)8(10)6-11(14)12/h2-6,13H,12H2,1H3. The molecule has 0 atom stereocenters. The summed E-state index contributed by atoms with van der Waals surface area (Å²) in [5, 5.41) is 2.44. The second-order valence-electron chi connectivity index (χ2n) is 3.57. The number of nitrogens with zero attached hydrogens (tertiary/aromatic N) is 1. The number of hydrogen-bond donors (Lipinski definition) is 2. The maximum Gasteiger partial charge on any atom is 0.104 e. The molecule has 70 valence electrons. The van der Waals surface area contributed by atoms with E-state index in [1.54, 1.807) is 0 Å². The van der Waals surface area contributed by atoms with Gasteiger partial charge in [0.15, 0.2) is 0 Å². The van der Waals surface area contributed by atoms with Gasteiger partial charge in [-0.2, -0.15) is 0 Å². The molecule has 3 heteroatoms. The van der Waals surface area contributed by atoms with Crippen molar-refractivity contribution in [2.75, 3.05) is 5.73 Å². The molecule has 14 heavy (non-hydrogen) atoms. The fourth-order valence-electron chi connectivity index (χ4n) is 1.97. The molecule has 3 rings (SSSR count). The van der Waals surface area contributed by atoms with Crippen LogP contribution in [0.3, 0.4) is 0 Å². The molecule has 3 N–H and O–H groups in total. The summed E-state index contributed by atoms with van der Waals surface area (Å²) >= 11 is 0. The monoisotopic (exact) mass is 185 g/mol. The highest BCUT2D eigenvalue weighted by Gasteiger charge is 2.06. The van der Waals surface area contributed by atoms with E-state index in [-0.39, 0.29) is 0 Å². The number of H-pyrrole nitrogens is 1. The fourth-order valence-corrected chi connectivity index (χ4v) is 1.97. The van der Waals surface area contributed by atoms with E-state index in [2.05, 4.69) is 23.2 Å². The van der Waals surface area contributed by atoms with Crippen LogP contribution in [0.1, 0.15) is 0 Å². The number of aromatic amines is 1. The fraction of sp³-hybridized carbons (Fsp3) is 0.0909. The Labute approximate surface area is 81.1 Å². The van der Waals surface area contributed by atoms with Crippen molar-refractivity contribution in [1.82, 2.24) is 9.55 Å². The largest absolute Gasteiger partial charge is 0.385 e. The van der Waals surface area contributed by atoms with Crippen LogP contribution in [-0.2, 0) is 7.05 Å². The highest BCUT2D eigenvalue weighted by Crippen LogP contribution is 2.27. The summed E-state index contributed by atoms with van der Waals surface area (Å²) < 4.78 is 2.00. The minimum atomic E-state index is 0.800. The van der Waals surface area contributed by atoms with Crippen molar-refractivity contribution in [3.63, 3.8) is 0 Å². The van der Waals surface area contributed by atoms with Gasteiger partial charge in [0, 0.05) is 29.5 Å². The minimum absolute atomic E-state index is 0.800. The maximum absolute atomic E-state index is 5.87. The summed E-state index contributed by atoms with van der Waals surface area (Å²) in [6.07, 6.45) is 1.95. The molecule has 3 aromatic rings. The van der Waals surface area contributed by atoms with E-state index in [0.29, 0.717) is 0 Å². The van der Waals surface area contributed by atoms with E-state index in [1.165, 1.54) is 16.3 Å². The van der Waals surface area contributed by atoms with Gasteiger partial charge in [0.1, 0.15) is 5.82 Å². The normalized spacial score (nSPS) is 11.5. The SMILES string of the molecule is Cn1c(N)cc2c3cc[nH]c3ccc21. The molecule has 0 unspecified atom stereocenters. The number of benzene rings is 1. The Balaban J connectivity index is 2.63. The summed E-state index contributed by atoms with van der Waals surface area (Å²) in [6, 6.07) is 8.27. The van der Waals surface area contributed by atoms with Gasteiger partial charge in [0.05, 0.1) is 5.52 Å². The van der Waals surface area contributed by atoms with Gasteiger partial charge in [-0.05, 0) is 24.3 Å². The van der Waals surface area contributed by atoms with Crippen molar-refractivity contribution in [2.24, 2.45) is 7.05 Å². The van der Waals surface area contributed by atoms with Crippen LogP contribution in [0.25, 0.3) is 21.8 Å². The average molecular weight is 185 g/mol. The molecular formula is C11H11N3. The molecule has 3 nitrogen and oxygen atoms in total. The van der Waals surface area contributed by atoms with Crippen molar-refractivity contribution in [2.45, 2.75) is 0 Å². The van der Waals surface area contributed by atoms with Crippen LogP contribution in [-0.4, -0.2) is 9.55 Å². The zero-order valence-corrected chi connectivity index (χ0v) is 7.91. The van der Waals surface area contributed by atoms with E-state index in [9.17, 15) is 0 Å². The number of aryl methyl sites for hydroxylation is 1. The molecule has 0 radical (unpaired) electrons. The third kappa shape index (κ3) is 0.763. The van der Waals surface area contributed by atoms with Gasteiger partial charge in [-0.3, -0.25) is 0 Å². The number of nitrogen functional groups attached to an aromatic ring is 1. The molecule has 0 saturated heterocycles. The zero-order valence-electron chi connectivity index (χ0n) is 7.91. The predicted molar refractivity (Wildman–Crippen MR) is 59.2 cm³/mol. The lowest BCUT2D eigenvalue weighted by Crippen LogP contribution is -1.94. The lowest BCUT2D eigenvalue weighted by atomic mass is 10.2. The number of rotatable bonds is 0. The van der Waals surface area contributed by atoms with Gasteiger partial charge in [-0.25, -0.2) is 0 Å². The Morgan fingerprint density at radius 1 is 1.21 bits per heavy atom. The van der Waals surface area contributed by atoms with Crippen LogP contribution in [0.2, 0.25) is 0 Å². The Morgan fingerprint density at radius 2 is 2.07 bits per heavy atom. The first-order chi connectivity index (χ1) is 6.77. The number of nitrogens with two attached hydrogens (primary N) is 1. The minimum Gasteiger partial charge on any atom is -0.385 e. The molecule has 0 fully saturated rings. The number of nitrogens with one attached hydrogen (secondary N) is 1. The quantitative estimate of drug-likeness (QED) is 0.554. The first-order valence-corrected chi connectivity index (χ1v) is 4.58. The summed E-state index contributed by atoms with van der Waals surface area (Å²) in [4.78, 5) is 3.19. The van der Waals surface area contributed by atoms with Crippen molar-refractivity contribution < 1.29 is 0 Å². The highest BCUT2D eigenvalue weighted by atomic mass is 15.0. The molecule has 0 saturated carbocycles. The zero-order chi connectivity index (χ0) is 9.71. The van der Waals surface area contributed by atoms with Gasteiger partial charge < -0.3 is 15.3 Å². The molecule has 0 spiro atoms. The lowest BCUT2D eigenvalue weighted by Gasteiger charge is -1.98. The third-order valence-corrected chi connectivity index (χ3v) is 2.79. The van der Waals surface area contributed by atoms with E-state index in [1.807, 2.05) is 23.9 Å². The van der Waals surface area contributed by atoms with Crippen LogP contribution in [0.4, 0.5) is 5.82 Å². The molecule has 0 aliphatic heterocycles. The van der Waals surface area contributed by atoms with Gasteiger partial charge in [0.25, 0.3) is 0 Å². The van der Waals surface area contributed by atoms with Crippen molar-refractivity contribution in [3.05, 3.63) is 30.5 Å². The van der Waals surface area contributed by atoms with Crippen LogP contribution >= 0.6 is 0 Å². The van der Waals surface area contributed by atoms with Gasteiger partial charge in [-0.1, -0.05) is 0 Å². The molecule has 2 aromatic heterocycles. The Bertz CT molecular complexity index is 616. The second-order valence-corrected chi connectivity index (χ2v) is 3.57. The van der Waals surface area contributed by atoms with E-state index >= 15 is 0 Å². The van der Waals surface area contributed by atoms with Gasteiger partial charge >= 0.3 is 0 Å². The van der Waals surface area contributed by atoms with Crippen LogP contribution in [0.5, 0.6) is 0 Å². The molecular weight excluding hydrogens is 174 g/mol. The Hall–Kier alpha value is -1.90. The van der Waals surface area contributed by atoms with Crippen LogP contribution < -0.4 is 5.73 Å². The number of aromatic nitrogens is 2. The molecule has 0 amide bonds. The van der Waals surface area contributed by atoms with Crippen molar-refractivity contribution in [1.29, 1.82) is 0 Å². The number of anilines is 1. The third-order valence-electron chi connectivity index (χ3n) is 2.79. The van der Waals surface area contributed by atoms with Gasteiger partial charge in [-0.15, -0.1) is 0 Å². The second kappa shape index (κ2) is 2.32. The molecule has 0 aliphatic carbocycles. The maximum atomic E-state index is 5.87. The molecule has 2 heterocycles.